The summed E-state index contributed by atoms with van der Waals surface area (Å²) in [5.41, 5.74) is 2.17. The number of aromatic nitrogens is 1. The molecule has 1 aromatic heterocycles. The first-order valence-electron chi connectivity index (χ1n) is 4.96. The number of hydrogen-bond donors (Lipinski definition) is 0. The zero-order chi connectivity index (χ0) is 12.3. The molecule has 0 atom stereocenters. The number of esters is 1. The maximum Gasteiger partial charge on any atom is 0.310 e. The third kappa shape index (κ3) is 2.65. The van der Waals surface area contributed by atoms with Gasteiger partial charge in [-0.15, -0.1) is 0 Å². The first kappa shape index (κ1) is 11.7. The number of hydrogen-bond acceptors (Lipinski definition) is 4. The van der Waals surface area contributed by atoms with E-state index in [2.05, 4.69) is 9.89 Å². The fraction of sp³-hybridized carbons (Fsp3) is 0.167. The molecule has 4 nitrogen and oxygen atoms in total. The molecule has 88 valence electrons. The van der Waals surface area contributed by atoms with E-state index in [-0.39, 0.29) is 12.4 Å². The van der Waals surface area contributed by atoms with E-state index in [1.165, 1.54) is 13.4 Å². The minimum Gasteiger partial charge on any atom is -0.469 e. The molecule has 17 heavy (non-hydrogen) atoms. The van der Waals surface area contributed by atoms with E-state index in [0.717, 1.165) is 5.56 Å². The van der Waals surface area contributed by atoms with Crippen molar-refractivity contribution >= 4 is 17.6 Å². The fourth-order valence-electron chi connectivity index (χ4n) is 1.46. The quantitative estimate of drug-likeness (QED) is 0.787. The van der Waals surface area contributed by atoms with Crippen LogP contribution in [-0.2, 0) is 16.0 Å². The first-order valence-corrected chi connectivity index (χ1v) is 5.34. The number of nitrogens with zero attached hydrogens (tertiary/aromatic N) is 1. The summed E-state index contributed by atoms with van der Waals surface area (Å²) in [5.74, 6) is -0.330. The van der Waals surface area contributed by atoms with Gasteiger partial charge in [0.05, 0.1) is 13.5 Å². The minimum absolute atomic E-state index is 0.137. The predicted molar refractivity (Wildman–Crippen MR) is 62.7 cm³/mol. The highest BCUT2D eigenvalue weighted by atomic mass is 35.5. The Labute approximate surface area is 103 Å². The lowest BCUT2D eigenvalue weighted by Gasteiger charge is -2.00. The monoisotopic (exact) mass is 251 g/mol. The van der Waals surface area contributed by atoms with Crippen LogP contribution in [0, 0.1) is 0 Å². The highest BCUT2D eigenvalue weighted by molar-refractivity contribution is 6.30. The molecule has 0 aliphatic heterocycles. The molecule has 1 aromatic carbocycles. The maximum absolute atomic E-state index is 11.2. The van der Waals surface area contributed by atoms with Crippen molar-refractivity contribution in [3.63, 3.8) is 0 Å². The number of carbonyl (C=O) groups excluding carboxylic acids is 1. The molecule has 0 aliphatic rings. The molecule has 0 unspecified atom stereocenters. The Hall–Kier alpha value is -1.81. The lowest BCUT2D eigenvalue weighted by molar-refractivity contribution is -0.139. The molecule has 0 saturated carbocycles. The Morgan fingerprint density at radius 3 is 2.76 bits per heavy atom. The van der Waals surface area contributed by atoms with E-state index in [4.69, 9.17) is 16.1 Å². The van der Waals surface area contributed by atoms with Gasteiger partial charge in [-0.1, -0.05) is 28.9 Å². The summed E-state index contributed by atoms with van der Waals surface area (Å²) in [6.45, 7) is 0. The van der Waals surface area contributed by atoms with Crippen molar-refractivity contribution in [3.8, 4) is 11.3 Å². The van der Waals surface area contributed by atoms with E-state index in [9.17, 15) is 4.79 Å². The molecule has 0 bridgehead atoms. The second kappa shape index (κ2) is 5.01. The van der Waals surface area contributed by atoms with Crippen LogP contribution >= 0.6 is 11.6 Å². The molecule has 5 heteroatoms. The molecule has 0 fully saturated rings. The zero-order valence-corrected chi connectivity index (χ0v) is 9.90. The van der Waals surface area contributed by atoms with Crippen LogP contribution in [-0.4, -0.2) is 18.2 Å². The Bertz CT molecular complexity index is 519. The third-order valence-corrected chi connectivity index (χ3v) is 2.58. The van der Waals surface area contributed by atoms with Gasteiger partial charge in [-0.3, -0.25) is 4.79 Å². The van der Waals surface area contributed by atoms with E-state index in [1.807, 2.05) is 12.1 Å². The van der Waals surface area contributed by atoms with Crippen molar-refractivity contribution in [2.24, 2.45) is 0 Å². The van der Waals surface area contributed by atoms with Crippen molar-refractivity contribution in [1.82, 2.24) is 5.16 Å². The van der Waals surface area contributed by atoms with Gasteiger partial charge in [0.15, 0.2) is 0 Å². The molecule has 0 amide bonds. The van der Waals surface area contributed by atoms with Crippen LogP contribution in [0.1, 0.15) is 5.56 Å². The molecular weight excluding hydrogens is 242 g/mol. The minimum atomic E-state index is -0.330. The second-order valence-corrected chi connectivity index (χ2v) is 3.88. The topological polar surface area (TPSA) is 52.3 Å². The summed E-state index contributed by atoms with van der Waals surface area (Å²) in [4.78, 5) is 11.2. The van der Waals surface area contributed by atoms with E-state index in [0.29, 0.717) is 16.3 Å². The average Bonchev–Trinajstić information content (AvgIpc) is 2.78. The summed E-state index contributed by atoms with van der Waals surface area (Å²) in [6, 6.07) is 7.16. The average molecular weight is 252 g/mol. The van der Waals surface area contributed by atoms with Gasteiger partial charge in [-0.25, -0.2) is 0 Å². The Balaban J connectivity index is 2.30. The number of benzene rings is 1. The van der Waals surface area contributed by atoms with Crippen LogP contribution in [0.2, 0.25) is 5.02 Å². The number of methoxy groups -OCH3 is 1. The normalized spacial score (nSPS) is 10.2. The van der Waals surface area contributed by atoms with Gasteiger partial charge in [0, 0.05) is 16.1 Å². The van der Waals surface area contributed by atoms with Crippen molar-refractivity contribution < 1.29 is 14.1 Å². The molecular formula is C12H10ClNO3. The van der Waals surface area contributed by atoms with E-state index < -0.39 is 0 Å². The zero-order valence-electron chi connectivity index (χ0n) is 9.14. The summed E-state index contributed by atoms with van der Waals surface area (Å²) in [7, 11) is 1.35. The van der Waals surface area contributed by atoms with E-state index >= 15 is 0 Å². The molecule has 0 N–H and O–H groups in total. The standard InChI is InChI=1S/C12H10ClNO3/c1-16-11(15)6-9-7-17-14-12(9)8-2-4-10(13)5-3-8/h2-5,7H,6H2,1H3. The van der Waals surface area contributed by atoms with Crippen molar-refractivity contribution in [3.05, 3.63) is 41.1 Å². The maximum atomic E-state index is 11.2. The van der Waals surface area contributed by atoms with Crippen molar-refractivity contribution in [1.29, 1.82) is 0 Å². The summed E-state index contributed by atoms with van der Waals surface area (Å²) in [5, 5.41) is 4.52. The van der Waals surface area contributed by atoms with Crippen LogP contribution in [0.5, 0.6) is 0 Å². The Morgan fingerprint density at radius 2 is 2.12 bits per heavy atom. The molecule has 2 rings (SSSR count). The summed E-state index contributed by atoms with van der Waals surface area (Å²) in [6.07, 6.45) is 1.58. The smallest absolute Gasteiger partial charge is 0.310 e. The Morgan fingerprint density at radius 1 is 1.41 bits per heavy atom. The van der Waals surface area contributed by atoms with E-state index in [1.54, 1.807) is 12.1 Å². The van der Waals surface area contributed by atoms with Crippen LogP contribution in [0.4, 0.5) is 0 Å². The van der Waals surface area contributed by atoms with Gasteiger partial charge in [-0.05, 0) is 12.1 Å². The third-order valence-electron chi connectivity index (χ3n) is 2.32. The predicted octanol–water partition coefficient (Wildman–Crippen LogP) is 2.71. The van der Waals surface area contributed by atoms with Crippen LogP contribution in [0.25, 0.3) is 11.3 Å². The molecule has 0 aliphatic carbocycles. The Kier molecular flexibility index (Phi) is 3.44. The number of carbonyl (C=O) groups is 1. The highest BCUT2D eigenvalue weighted by Gasteiger charge is 2.13. The number of rotatable bonds is 3. The van der Waals surface area contributed by atoms with Crippen molar-refractivity contribution in [2.45, 2.75) is 6.42 Å². The summed E-state index contributed by atoms with van der Waals surface area (Å²) < 4.78 is 9.49. The van der Waals surface area contributed by atoms with Crippen LogP contribution in [0.15, 0.2) is 35.1 Å². The van der Waals surface area contributed by atoms with Crippen molar-refractivity contribution in [2.75, 3.05) is 7.11 Å². The molecule has 0 spiro atoms. The largest absolute Gasteiger partial charge is 0.469 e. The van der Waals surface area contributed by atoms with Gasteiger partial charge in [-0.2, -0.15) is 0 Å². The fourth-order valence-corrected chi connectivity index (χ4v) is 1.58. The lowest BCUT2D eigenvalue weighted by atomic mass is 10.1. The molecule has 2 aromatic rings. The first-order chi connectivity index (χ1) is 8.20. The number of halogens is 1. The van der Waals surface area contributed by atoms with Gasteiger partial charge >= 0.3 is 5.97 Å². The molecule has 0 saturated heterocycles. The highest BCUT2D eigenvalue weighted by Crippen LogP contribution is 2.24. The van der Waals surface area contributed by atoms with Gasteiger partial charge in [0.2, 0.25) is 0 Å². The van der Waals surface area contributed by atoms with Gasteiger partial charge in [0.25, 0.3) is 0 Å². The van der Waals surface area contributed by atoms with Gasteiger partial charge in [0.1, 0.15) is 12.0 Å². The van der Waals surface area contributed by atoms with Gasteiger partial charge < -0.3 is 9.26 Å². The lowest BCUT2D eigenvalue weighted by Crippen LogP contribution is -2.04. The van der Waals surface area contributed by atoms with Crippen LogP contribution in [0.3, 0.4) is 0 Å². The molecule has 1 heterocycles. The SMILES string of the molecule is COC(=O)Cc1conc1-c1ccc(Cl)cc1. The molecule has 0 radical (unpaired) electrons. The summed E-state index contributed by atoms with van der Waals surface area (Å²) >= 11 is 5.80. The second-order valence-electron chi connectivity index (χ2n) is 3.45. The number of ether oxygens (including phenoxy) is 1. The van der Waals surface area contributed by atoms with Crippen LogP contribution < -0.4 is 0 Å².